The van der Waals surface area contributed by atoms with Crippen LogP contribution in [0.4, 0.5) is 0 Å². The van der Waals surface area contributed by atoms with E-state index in [4.69, 9.17) is 5.26 Å². The van der Waals surface area contributed by atoms with Gasteiger partial charge in [-0.3, -0.25) is 5.26 Å². The molecule has 0 radical (unpaired) electrons. The first-order valence-corrected chi connectivity index (χ1v) is 3.68. The van der Waals surface area contributed by atoms with Gasteiger partial charge >= 0.3 is 0 Å². The molecule has 0 bridgehead atoms. The summed E-state index contributed by atoms with van der Waals surface area (Å²) in [7, 11) is 0. The fourth-order valence-corrected chi connectivity index (χ4v) is 0.770. The fourth-order valence-electron chi connectivity index (χ4n) is 0.770. The molecule has 0 aromatic rings. The Bertz CT molecular complexity index is 89.3. The van der Waals surface area contributed by atoms with Gasteiger partial charge in [0.05, 0.1) is 6.61 Å². The van der Waals surface area contributed by atoms with E-state index in [1.165, 1.54) is 5.57 Å². The molecule has 0 atom stereocenters. The predicted octanol–water partition coefficient (Wildman–Crippen LogP) is 2.61. The van der Waals surface area contributed by atoms with Gasteiger partial charge in [-0.2, -0.15) is 0 Å². The van der Waals surface area contributed by atoms with Crippen LogP contribution in [0, 0.1) is 0 Å². The van der Waals surface area contributed by atoms with E-state index >= 15 is 0 Å². The number of hydrogen-bond acceptors (Lipinski definition) is 2. The van der Waals surface area contributed by atoms with Crippen molar-refractivity contribution in [2.75, 3.05) is 6.61 Å². The van der Waals surface area contributed by atoms with Crippen LogP contribution in [0.5, 0.6) is 0 Å². The molecule has 0 aliphatic heterocycles. The molecule has 0 aliphatic rings. The highest BCUT2D eigenvalue weighted by atomic mass is 17.1. The van der Waals surface area contributed by atoms with E-state index in [1.807, 2.05) is 6.92 Å². The molecule has 0 spiro atoms. The summed E-state index contributed by atoms with van der Waals surface area (Å²) in [5.41, 5.74) is 1.23. The third kappa shape index (κ3) is 7.66. The lowest BCUT2D eigenvalue weighted by molar-refractivity contribution is -0.242. The number of hydrogen-bond donors (Lipinski definition) is 1. The molecule has 0 saturated heterocycles. The minimum absolute atomic E-state index is 0.455. The van der Waals surface area contributed by atoms with Crippen molar-refractivity contribution in [2.45, 2.75) is 32.6 Å². The van der Waals surface area contributed by atoms with Crippen molar-refractivity contribution in [3.8, 4) is 0 Å². The van der Waals surface area contributed by atoms with Crippen LogP contribution in [0.15, 0.2) is 12.2 Å². The third-order valence-electron chi connectivity index (χ3n) is 1.34. The first-order chi connectivity index (χ1) is 4.77. The van der Waals surface area contributed by atoms with E-state index < -0.39 is 0 Å². The molecule has 1 N–H and O–H groups in total. The van der Waals surface area contributed by atoms with Crippen LogP contribution in [-0.4, -0.2) is 11.9 Å². The Morgan fingerprint density at radius 2 is 2.10 bits per heavy atom. The first-order valence-electron chi connectivity index (χ1n) is 3.68. The molecular weight excluding hydrogens is 128 g/mol. The molecule has 0 aromatic carbocycles. The second-order valence-electron chi connectivity index (χ2n) is 2.60. The van der Waals surface area contributed by atoms with Gasteiger partial charge in [0.1, 0.15) is 0 Å². The number of unbranched alkanes of at least 4 members (excludes halogenated alkanes) is 2. The van der Waals surface area contributed by atoms with Crippen LogP contribution < -0.4 is 0 Å². The molecular formula is C8H16O2. The highest BCUT2D eigenvalue weighted by Crippen LogP contribution is 2.05. The average Bonchev–Trinajstić information content (AvgIpc) is 1.87. The molecule has 0 aliphatic carbocycles. The van der Waals surface area contributed by atoms with Gasteiger partial charge in [-0.1, -0.05) is 12.0 Å². The van der Waals surface area contributed by atoms with Gasteiger partial charge in [0.25, 0.3) is 0 Å². The van der Waals surface area contributed by atoms with E-state index in [1.54, 1.807) is 0 Å². The Morgan fingerprint density at radius 3 is 2.60 bits per heavy atom. The van der Waals surface area contributed by atoms with E-state index in [2.05, 4.69) is 11.5 Å². The van der Waals surface area contributed by atoms with Crippen LogP contribution in [0.3, 0.4) is 0 Å². The zero-order chi connectivity index (χ0) is 7.82. The van der Waals surface area contributed by atoms with E-state index in [0.29, 0.717) is 6.61 Å². The van der Waals surface area contributed by atoms with Crippen molar-refractivity contribution in [1.82, 2.24) is 0 Å². The summed E-state index contributed by atoms with van der Waals surface area (Å²) < 4.78 is 0. The van der Waals surface area contributed by atoms with Gasteiger partial charge in [-0.15, -0.1) is 6.58 Å². The Balaban J connectivity index is 2.84. The van der Waals surface area contributed by atoms with Gasteiger partial charge in [-0.05, 0) is 26.2 Å². The van der Waals surface area contributed by atoms with Gasteiger partial charge in [0.15, 0.2) is 0 Å². The second-order valence-corrected chi connectivity index (χ2v) is 2.60. The van der Waals surface area contributed by atoms with E-state index in [-0.39, 0.29) is 0 Å². The molecule has 0 unspecified atom stereocenters. The minimum atomic E-state index is 0.455. The third-order valence-corrected chi connectivity index (χ3v) is 1.34. The van der Waals surface area contributed by atoms with Crippen molar-refractivity contribution < 1.29 is 10.1 Å². The van der Waals surface area contributed by atoms with Gasteiger partial charge in [0.2, 0.25) is 0 Å². The highest BCUT2D eigenvalue weighted by Gasteiger charge is 1.89. The Labute approximate surface area is 62.4 Å². The molecule has 60 valence electrons. The van der Waals surface area contributed by atoms with Crippen molar-refractivity contribution in [1.29, 1.82) is 0 Å². The topological polar surface area (TPSA) is 29.5 Å². The maximum absolute atomic E-state index is 7.96. The number of allylic oxidation sites excluding steroid dienone is 1. The van der Waals surface area contributed by atoms with Crippen molar-refractivity contribution in [3.63, 3.8) is 0 Å². The summed E-state index contributed by atoms with van der Waals surface area (Å²) in [6.07, 6.45) is 4.28. The molecule has 0 aromatic heterocycles. The molecule has 0 saturated carbocycles. The van der Waals surface area contributed by atoms with Crippen LogP contribution in [-0.2, 0) is 4.89 Å². The molecule has 10 heavy (non-hydrogen) atoms. The van der Waals surface area contributed by atoms with E-state index in [0.717, 1.165) is 25.7 Å². The quantitative estimate of drug-likeness (QED) is 0.269. The molecule has 2 nitrogen and oxygen atoms in total. The standard InChI is InChI=1S/C8H16O2/c1-8(2)6-4-3-5-7-10-9/h9H,1,3-7H2,2H3. The van der Waals surface area contributed by atoms with Gasteiger partial charge in [0, 0.05) is 0 Å². The molecule has 0 rings (SSSR count). The summed E-state index contributed by atoms with van der Waals surface area (Å²) in [6, 6.07) is 0. The Morgan fingerprint density at radius 1 is 1.40 bits per heavy atom. The first kappa shape index (κ1) is 9.66. The predicted molar refractivity (Wildman–Crippen MR) is 41.9 cm³/mol. The van der Waals surface area contributed by atoms with Crippen molar-refractivity contribution >= 4 is 0 Å². The zero-order valence-corrected chi connectivity index (χ0v) is 6.60. The summed E-state index contributed by atoms with van der Waals surface area (Å²) >= 11 is 0. The van der Waals surface area contributed by atoms with Crippen molar-refractivity contribution in [3.05, 3.63) is 12.2 Å². The molecule has 0 amide bonds. The number of rotatable bonds is 6. The monoisotopic (exact) mass is 144 g/mol. The maximum atomic E-state index is 7.96. The van der Waals surface area contributed by atoms with Gasteiger partial charge in [-0.25, -0.2) is 4.89 Å². The minimum Gasteiger partial charge on any atom is -0.252 e. The van der Waals surface area contributed by atoms with Gasteiger partial charge < -0.3 is 0 Å². The molecule has 0 heterocycles. The summed E-state index contributed by atoms with van der Waals surface area (Å²) in [5.74, 6) is 0. The lowest BCUT2D eigenvalue weighted by Gasteiger charge is -1.98. The van der Waals surface area contributed by atoms with Crippen LogP contribution >= 0.6 is 0 Å². The van der Waals surface area contributed by atoms with Crippen LogP contribution in [0.1, 0.15) is 32.6 Å². The van der Waals surface area contributed by atoms with E-state index in [9.17, 15) is 0 Å². The van der Waals surface area contributed by atoms with Crippen LogP contribution in [0.2, 0.25) is 0 Å². The lowest BCUT2D eigenvalue weighted by Crippen LogP contribution is -1.88. The van der Waals surface area contributed by atoms with Crippen molar-refractivity contribution in [2.24, 2.45) is 0 Å². The van der Waals surface area contributed by atoms with Crippen LogP contribution in [0.25, 0.3) is 0 Å². The summed E-state index contributed by atoms with van der Waals surface area (Å²) in [5, 5.41) is 7.96. The second kappa shape index (κ2) is 6.78. The normalized spacial score (nSPS) is 9.80. The SMILES string of the molecule is C=C(C)CCCCCOO. The average molecular weight is 144 g/mol. The Hall–Kier alpha value is -0.340. The smallest absolute Gasteiger partial charge is 0.0819 e. The zero-order valence-electron chi connectivity index (χ0n) is 6.60. The summed E-state index contributed by atoms with van der Waals surface area (Å²) in [4.78, 5) is 3.93. The highest BCUT2D eigenvalue weighted by molar-refractivity contribution is 4.86. The summed E-state index contributed by atoms with van der Waals surface area (Å²) in [6.45, 7) is 6.28. The maximum Gasteiger partial charge on any atom is 0.0819 e. The molecule has 2 heteroatoms. The largest absolute Gasteiger partial charge is 0.252 e. The fraction of sp³-hybridized carbons (Fsp3) is 0.750. The molecule has 0 fully saturated rings. The Kier molecular flexibility index (Phi) is 6.55. The lowest BCUT2D eigenvalue weighted by atomic mass is 10.1.